The van der Waals surface area contributed by atoms with E-state index in [2.05, 4.69) is 37.9 Å². The number of aryl methyl sites for hydroxylation is 1. The largest absolute Gasteiger partial charge is 0.496 e. The van der Waals surface area contributed by atoms with Crippen molar-refractivity contribution in [3.63, 3.8) is 0 Å². The molecule has 5 heteroatoms. The van der Waals surface area contributed by atoms with E-state index in [1.165, 1.54) is 5.56 Å². The van der Waals surface area contributed by atoms with Crippen molar-refractivity contribution in [1.82, 2.24) is 4.98 Å². The van der Waals surface area contributed by atoms with Crippen molar-refractivity contribution >= 4 is 0 Å². The van der Waals surface area contributed by atoms with Gasteiger partial charge in [-0.25, -0.2) is 0 Å². The van der Waals surface area contributed by atoms with Gasteiger partial charge in [-0.1, -0.05) is 39.0 Å². The molecular formula is C25H26N2O3. The monoisotopic (exact) mass is 402 g/mol. The third kappa shape index (κ3) is 4.55. The molecule has 154 valence electrons. The molecular weight excluding hydrogens is 376 g/mol. The highest BCUT2D eigenvalue weighted by atomic mass is 16.5. The second-order valence-electron chi connectivity index (χ2n) is 8.27. The van der Waals surface area contributed by atoms with E-state index < -0.39 is 0 Å². The molecule has 3 rings (SSSR count). The Kier molecular flexibility index (Phi) is 5.98. The number of pyridine rings is 1. The number of H-pyrrole nitrogens is 1. The first-order chi connectivity index (χ1) is 14.2. The molecule has 1 aromatic heterocycles. The molecule has 3 aromatic rings. The van der Waals surface area contributed by atoms with Gasteiger partial charge in [0.25, 0.3) is 5.56 Å². The Balaban J connectivity index is 1.91. The lowest BCUT2D eigenvalue weighted by Gasteiger charge is -2.19. The van der Waals surface area contributed by atoms with E-state index >= 15 is 0 Å². The Morgan fingerprint density at radius 3 is 2.37 bits per heavy atom. The van der Waals surface area contributed by atoms with Crippen LogP contribution in [-0.2, 0) is 12.0 Å². The van der Waals surface area contributed by atoms with Crippen molar-refractivity contribution in [3.05, 3.63) is 81.3 Å². The molecule has 0 bridgehead atoms. The number of aromatic amines is 1. The van der Waals surface area contributed by atoms with Crippen LogP contribution in [0, 0.1) is 18.3 Å². The number of nitriles is 1. The lowest BCUT2D eigenvalue weighted by Crippen LogP contribution is -2.12. The molecule has 0 radical (unpaired) electrons. The van der Waals surface area contributed by atoms with Gasteiger partial charge in [0.2, 0.25) is 0 Å². The lowest BCUT2D eigenvalue weighted by atomic mass is 9.87. The minimum absolute atomic E-state index is 0.0835. The fourth-order valence-corrected chi connectivity index (χ4v) is 3.30. The summed E-state index contributed by atoms with van der Waals surface area (Å²) in [7, 11) is 1.61. The van der Waals surface area contributed by atoms with Gasteiger partial charge in [-0.15, -0.1) is 0 Å². The highest BCUT2D eigenvalue weighted by Gasteiger charge is 2.15. The van der Waals surface area contributed by atoms with Crippen LogP contribution in [0.1, 0.15) is 43.2 Å². The Morgan fingerprint density at radius 2 is 1.77 bits per heavy atom. The van der Waals surface area contributed by atoms with Crippen LogP contribution in [0.15, 0.2) is 53.3 Å². The van der Waals surface area contributed by atoms with Crippen LogP contribution in [0.3, 0.4) is 0 Å². The van der Waals surface area contributed by atoms with Crippen LogP contribution in [-0.4, -0.2) is 12.1 Å². The highest BCUT2D eigenvalue weighted by molar-refractivity contribution is 5.71. The summed E-state index contributed by atoms with van der Waals surface area (Å²) in [4.78, 5) is 14.8. The number of nitrogens with zero attached hydrogens (tertiary/aromatic N) is 1. The molecule has 0 aliphatic carbocycles. The number of benzene rings is 2. The zero-order chi connectivity index (χ0) is 21.9. The Labute approximate surface area is 176 Å². The van der Waals surface area contributed by atoms with Gasteiger partial charge in [0.1, 0.15) is 29.7 Å². The van der Waals surface area contributed by atoms with E-state index in [1.807, 2.05) is 36.4 Å². The van der Waals surface area contributed by atoms with Crippen LogP contribution < -0.4 is 15.0 Å². The summed E-state index contributed by atoms with van der Waals surface area (Å²) in [5.74, 6) is 1.45. The molecule has 0 aliphatic rings. The Bertz CT molecular complexity index is 1150. The number of nitrogens with one attached hydrogen (secondary N) is 1. The lowest BCUT2D eigenvalue weighted by molar-refractivity contribution is 0.296. The first kappa shape index (κ1) is 21.2. The fraction of sp³-hybridized carbons (Fsp3) is 0.280. The Hall–Kier alpha value is -3.52. The molecule has 0 atom stereocenters. The first-order valence-corrected chi connectivity index (χ1v) is 9.77. The molecule has 0 fully saturated rings. The van der Waals surface area contributed by atoms with Crippen molar-refractivity contribution in [2.45, 2.75) is 39.7 Å². The van der Waals surface area contributed by atoms with Crippen LogP contribution in [0.25, 0.3) is 11.1 Å². The van der Waals surface area contributed by atoms with E-state index in [4.69, 9.17) is 9.47 Å². The van der Waals surface area contributed by atoms with Crippen molar-refractivity contribution in [1.29, 1.82) is 5.26 Å². The van der Waals surface area contributed by atoms with Gasteiger partial charge in [-0.2, -0.15) is 5.26 Å². The van der Waals surface area contributed by atoms with Crippen molar-refractivity contribution in [2.24, 2.45) is 0 Å². The zero-order valence-electron chi connectivity index (χ0n) is 18.0. The summed E-state index contributed by atoms with van der Waals surface area (Å²) in [6.07, 6.45) is 0. The average molecular weight is 402 g/mol. The molecule has 0 aliphatic heterocycles. The predicted molar refractivity (Wildman–Crippen MR) is 118 cm³/mol. The van der Waals surface area contributed by atoms with E-state index in [9.17, 15) is 10.1 Å². The van der Waals surface area contributed by atoms with Gasteiger partial charge in [0, 0.05) is 16.8 Å². The maximum absolute atomic E-state index is 12.2. The average Bonchev–Trinajstić information content (AvgIpc) is 2.71. The highest BCUT2D eigenvalue weighted by Crippen LogP contribution is 2.30. The number of rotatable bonds is 5. The van der Waals surface area contributed by atoms with Crippen molar-refractivity contribution < 1.29 is 9.47 Å². The van der Waals surface area contributed by atoms with Gasteiger partial charge >= 0.3 is 0 Å². The maximum atomic E-state index is 12.2. The summed E-state index contributed by atoms with van der Waals surface area (Å²) in [6.45, 7) is 8.61. The molecule has 0 saturated heterocycles. The standard InChI is InChI=1S/C25H26N2O3/c1-16-12-21(22(14-26)24(28)27-16)17-6-11-23(29-5)18(13-17)15-30-20-9-7-19(8-10-20)25(2,3)4/h6-13H,15H2,1-5H3,(H,27,28). The molecule has 30 heavy (non-hydrogen) atoms. The molecule has 1 heterocycles. The molecule has 2 aromatic carbocycles. The molecule has 0 unspecified atom stereocenters. The molecule has 0 saturated carbocycles. The topological polar surface area (TPSA) is 75.1 Å². The summed E-state index contributed by atoms with van der Waals surface area (Å²) in [5, 5.41) is 9.43. The number of ether oxygens (including phenoxy) is 2. The van der Waals surface area contributed by atoms with Crippen molar-refractivity contribution in [3.8, 4) is 28.7 Å². The normalized spacial score (nSPS) is 11.1. The van der Waals surface area contributed by atoms with E-state index in [-0.39, 0.29) is 16.5 Å². The molecule has 0 spiro atoms. The predicted octanol–water partition coefficient (Wildman–Crippen LogP) is 5.11. The second kappa shape index (κ2) is 8.46. The van der Waals surface area contributed by atoms with Gasteiger partial charge in [-0.3, -0.25) is 4.79 Å². The fourth-order valence-electron chi connectivity index (χ4n) is 3.30. The molecule has 1 N–H and O–H groups in total. The number of hydrogen-bond acceptors (Lipinski definition) is 4. The molecule has 0 amide bonds. The van der Waals surface area contributed by atoms with Crippen LogP contribution in [0.4, 0.5) is 0 Å². The van der Waals surface area contributed by atoms with Gasteiger partial charge in [-0.05, 0) is 53.8 Å². The third-order valence-corrected chi connectivity index (χ3v) is 4.99. The van der Waals surface area contributed by atoms with E-state index in [0.717, 1.165) is 16.9 Å². The maximum Gasteiger partial charge on any atom is 0.266 e. The zero-order valence-corrected chi connectivity index (χ0v) is 18.0. The SMILES string of the molecule is COc1ccc(-c2cc(C)[nH]c(=O)c2C#N)cc1COc1ccc(C(C)(C)C)cc1. The minimum atomic E-state index is -0.389. The van der Waals surface area contributed by atoms with Crippen molar-refractivity contribution in [2.75, 3.05) is 7.11 Å². The smallest absolute Gasteiger partial charge is 0.266 e. The van der Waals surface area contributed by atoms with E-state index in [0.29, 0.717) is 23.6 Å². The molecule has 5 nitrogen and oxygen atoms in total. The number of methoxy groups -OCH3 is 1. The van der Waals surface area contributed by atoms with Gasteiger partial charge in [0.05, 0.1) is 7.11 Å². The number of aromatic nitrogens is 1. The summed E-state index contributed by atoms with van der Waals surface area (Å²) in [5.41, 5.74) is 3.91. The summed E-state index contributed by atoms with van der Waals surface area (Å²) in [6, 6.07) is 17.4. The third-order valence-electron chi connectivity index (χ3n) is 4.99. The summed E-state index contributed by atoms with van der Waals surface area (Å²) >= 11 is 0. The van der Waals surface area contributed by atoms with E-state index in [1.54, 1.807) is 20.1 Å². The quantitative estimate of drug-likeness (QED) is 0.644. The summed E-state index contributed by atoms with van der Waals surface area (Å²) < 4.78 is 11.5. The van der Waals surface area contributed by atoms with Crippen LogP contribution in [0.5, 0.6) is 11.5 Å². The van der Waals surface area contributed by atoms with Crippen LogP contribution in [0.2, 0.25) is 0 Å². The number of hydrogen-bond donors (Lipinski definition) is 1. The van der Waals surface area contributed by atoms with Crippen LogP contribution >= 0.6 is 0 Å². The van der Waals surface area contributed by atoms with Gasteiger partial charge < -0.3 is 14.5 Å². The minimum Gasteiger partial charge on any atom is -0.496 e. The Morgan fingerprint density at radius 1 is 1.07 bits per heavy atom. The van der Waals surface area contributed by atoms with Gasteiger partial charge in [0.15, 0.2) is 0 Å². The first-order valence-electron chi connectivity index (χ1n) is 9.77. The second-order valence-corrected chi connectivity index (χ2v) is 8.27.